The normalized spacial score (nSPS) is 10.8. The summed E-state index contributed by atoms with van der Waals surface area (Å²) in [7, 11) is 0. The van der Waals surface area contributed by atoms with E-state index in [0.29, 0.717) is 16.9 Å². The number of carbonyl (C=O) groups excluding carboxylic acids is 1. The first-order chi connectivity index (χ1) is 10.0. The minimum atomic E-state index is -1.29. The van der Waals surface area contributed by atoms with Crippen LogP contribution in [0, 0.1) is 5.82 Å². The first kappa shape index (κ1) is 15.3. The van der Waals surface area contributed by atoms with Crippen molar-refractivity contribution in [3.05, 3.63) is 70.0 Å². The molecule has 0 unspecified atom stereocenters. The second-order valence-corrected chi connectivity index (χ2v) is 5.17. The lowest BCUT2D eigenvalue weighted by Gasteiger charge is -2.10. The number of carboxylic acids is 1. The van der Waals surface area contributed by atoms with Crippen molar-refractivity contribution in [2.24, 2.45) is 0 Å². The van der Waals surface area contributed by atoms with Crippen molar-refractivity contribution in [2.75, 3.05) is 0 Å². The molecule has 0 atom stereocenters. The summed E-state index contributed by atoms with van der Waals surface area (Å²) in [6, 6.07) is 11.3. The van der Waals surface area contributed by atoms with Gasteiger partial charge >= 0.3 is 0 Å². The highest BCUT2D eigenvalue weighted by Gasteiger charge is 2.03. The summed E-state index contributed by atoms with van der Waals surface area (Å²) in [5, 5.41) is 10.5. The average Bonchev–Trinajstić information content (AvgIpc) is 2.44. The number of carboxylic acid groups (broad SMARTS) is 1. The molecule has 0 heterocycles. The number of hydrogen-bond acceptors (Lipinski definition) is 3. The maximum absolute atomic E-state index is 13.1. The molecule has 0 spiro atoms. The third-order valence-corrected chi connectivity index (χ3v) is 3.15. The van der Waals surface area contributed by atoms with E-state index in [-0.39, 0.29) is 12.4 Å². The molecule has 0 saturated carbocycles. The Morgan fingerprint density at radius 3 is 2.81 bits per heavy atom. The number of carbonyl (C=O) groups is 1. The van der Waals surface area contributed by atoms with Gasteiger partial charge in [-0.3, -0.25) is 0 Å². The van der Waals surface area contributed by atoms with Crippen molar-refractivity contribution >= 4 is 28.0 Å². The first-order valence-corrected chi connectivity index (χ1v) is 6.90. The van der Waals surface area contributed by atoms with Gasteiger partial charge in [0.25, 0.3) is 0 Å². The van der Waals surface area contributed by atoms with E-state index < -0.39 is 5.97 Å². The lowest BCUT2D eigenvalue weighted by atomic mass is 10.2. The van der Waals surface area contributed by atoms with Gasteiger partial charge in [-0.25, -0.2) is 4.39 Å². The predicted octanol–water partition coefficient (Wildman–Crippen LogP) is 2.93. The number of hydrogen-bond donors (Lipinski definition) is 0. The summed E-state index contributed by atoms with van der Waals surface area (Å²) >= 11 is 3.31. The first-order valence-electron chi connectivity index (χ1n) is 6.10. The Kier molecular flexibility index (Phi) is 5.11. The second kappa shape index (κ2) is 7.04. The van der Waals surface area contributed by atoms with Crippen molar-refractivity contribution in [2.45, 2.75) is 6.61 Å². The Morgan fingerprint density at radius 2 is 2.10 bits per heavy atom. The van der Waals surface area contributed by atoms with Gasteiger partial charge in [0.05, 0.1) is 5.97 Å². The van der Waals surface area contributed by atoms with E-state index in [1.165, 1.54) is 18.2 Å². The van der Waals surface area contributed by atoms with E-state index in [4.69, 9.17) is 4.74 Å². The van der Waals surface area contributed by atoms with Crippen LogP contribution < -0.4 is 9.84 Å². The molecule has 2 aromatic rings. The van der Waals surface area contributed by atoms with Crippen LogP contribution in [0.25, 0.3) is 6.08 Å². The maximum Gasteiger partial charge on any atom is 0.127 e. The minimum absolute atomic E-state index is 0.186. The summed E-state index contributed by atoms with van der Waals surface area (Å²) in [5.74, 6) is -1.12. The average molecular weight is 350 g/mol. The van der Waals surface area contributed by atoms with Gasteiger partial charge in [-0.05, 0) is 48.0 Å². The Hall–Kier alpha value is -2.14. The third kappa shape index (κ3) is 4.72. The zero-order chi connectivity index (χ0) is 15.2. The number of benzene rings is 2. The molecule has 3 nitrogen and oxygen atoms in total. The van der Waals surface area contributed by atoms with E-state index in [2.05, 4.69) is 15.9 Å². The summed E-state index contributed by atoms with van der Waals surface area (Å²) in [6.45, 7) is 0.186. The number of halogens is 2. The number of ether oxygens (including phenoxy) is 1. The van der Waals surface area contributed by atoms with Crippen molar-refractivity contribution in [1.29, 1.82) is 0 Å². The van der Waals surface area contributed by atoms with Crippen LogP contribution in [0.1, 0.15) is 11.1 Å². The van der Waals surface area contributed by atoms with Crippen molar-refractivity contribution in [3.63, 3.8) is 0 Å². The van der Waals surface area contributed by atoms with Crippen LogP contribution in [-0.2, 0) is 11.4 Å². The van der Waals surface area contributed by atoms with Gasteiger partial charge in [0, 0.05) is 10.0 Å². The van der Waals surface area contributed by atoms with Crippen LogP contribution >= 0.6 is 15.9 Å². The fraction of sp³-hybridized carbons (Fsp3) is 0.0625. The molecule has 21 heavy (non-hydrogen) atoms. The molecule has 0 N–H and O–H groups in total. The molecule has 0 aliphatic heterocycles. The van der Waals surface area contributed by atoms with Crippen molar-refractivity contribution in [3.8, 4) is 5.75 Å². The predicted molar refractivity (Wildman–Crippen MR) is 78.9 cm³/mol. The largest absolute Gasteiger partial charge is 0.545 e. The molecular weight excluding hydrogens is 339 g/mol. The van der Waals surface area contributed by atoms with Crippen LogP contribution in [-0.4, -0.2) is 5.97 Å². The fourth-order valence-corrected chi connectivity index (χ4v) is 2.11. The van der Waals surface area contributed by atoms with E-state index in [0.717, 1.165) is 10.5 Å². The van der Waals surface area contributed by atoms with Crippen LogP contribution in [0.4, 0.5) is 4.39 Å². The standard InChI is InChI=1S/C16H12BrFO3/c17-13-5-6-15(12(9-13)4-7-16(19)20)21-10-11-2-1-3-14(18)8-11/h1-9H,10H2,(H,19,20)/p-1/b7-4+. The molecule has 108 valence electrons. The molecular formula is C16H11BrFO3-. The smallest absolute Gasteiger partial charge is 0.127 e. The van der Waals surface area contributed by atoms with Gasteiger partial charge in [0.1, 0.15) is 18.2 Å². The van der Waals surface area contributed by atoms with E-state index in [1.807, 2.05) is 0 Å². The number of rotatable bonds is 5. The van der Waals surface area contributed by atoms with Gasteiger partial charge in [-0.15, -0.1) is 0 Å². The van der Waals surface area contributed by atoms with Gasteiger partial charge in [-0.1, -0.05) is 28.1 Å². The quantitative estimate of drug-likeness (QED) is 0.779. The van der Waals surface area contributed by atoms with Crippen LogP contribution in [0.15, 0.2) is 53.0 Å². The van der Waals surface area contributed by atoms with Crippen LogP contribution in [0.3, 0.4) is 0 Å². The lowest BCUT2D eigenvalue weighted by Crippen LogP contribution is -2.18. The molecule has 5 heteroatoms. The van der Waals surface area contributed by atoms with Crippen LogP contribution in [0.2, 0.25) is 0 Å². The molecule has 2 aromatic carbocycles. The zero-order valence-electron chi connectivity index (χ0n) is 10.9. The molecule has 0 bridgehead atoms. The monoisotopic (exact) mass is 349 g/mol. The second-order valence-electron chi connectivity index (χ2n) is 4.25. The number of aliphatic carboxylic acids is 1. The lowest BCUT2D eigenvalue weighted by molar-refractivity contribution is -0.297. The van der Waals surface area contributed by atoms with Crippen molar-refractivity contribution < 1.29 is 19.0 Å². The molecule has 0 aliphatic carbocycles. The van der Waals surface area contributed by atoms with E-state index in [9.17, 15) is 14.3 Å². The summed E-state index contributed by atoms with van der Waals surface area (Å²) < 4.78 is 19.5. The highest BCUT2D eigenvalue weighted by molar-refractivity contribution is 9.10. The molecule has 0 aromatic heterocycles. The van der Waals surface area contributed by atoms with Gasteiger partial charge < -0.3 is 14.6 Å². The molecule has 0 amide bonds. The topological polar surface area (TPSA) is 49.4 Å². The Morgan fingerprint density at radius 1 is 1.29 bits per heavy atom. The Balaban J connectivity index is 2.17. The van der Waals surface area contributed by atoms with E-state index in [1.54, 1.807) is 30.3 Å². The van der Waals surface area contributed by atoms with Gasteiger partial charge in [0.2, 0.25) is 0 Å². The highest BCUT2D eigenvalue weighted by Crippen LogP contribution is 2.25. The summed E-state index contributed by atoms with van der Waals surface area (Å²) in [5.41, 5.74) is 1.28. The SMILES string of the molecule is O=C([O-])/C=C/c1cc(Br)ccc1OCc1cccc(F)c1. The third-order valence-electron chi connectivity index (χ3n) is 2.65. The molecule has 0 aliphatic rings. The Labute approximate surface area is 129 Å². The van der Waals surface area contributed by atoms with Crippen molar-refractivity contribution in [1.82, 2.24) is 0 Å². The van der Waals surface area contributed by atoms with E-state index >= 15 is 0 Å². The van der Waals surface area contributed by atoms with Gasteiger partial charge in [-0.2, -0.15) is 0 Å². The molecule has 0 saturated heterocycles. The Bertz CT molecular complexity index is 683. The molecule has 0 radical (unpaired) electrons. The zero-order valence-corrected chi connectivity index (χ0v) is 12.5. The summed E-state index contributed by atoms with van der Waals surface area (Å²) in [6.07, 6.45) is 2.32. The molecule has 2 rings (SSSR count). The van der Waals surface area contributed by atoms with Gasteiger partial charge in [0.15, 0.2) is 0 Å². The fourth-order valence-electron chi connectivity index (χ4n) is 1.73. The minimum Gasteiger partial charge on any atom is -0.545 e. The summed E-state index contributed by atoms with van der Waals surface area (Å²) in [4.78, 5) is 10.5. The maximum atomic E-state index is 13.1. The van der Waals surface area contributed by atoms with Crippen LogP contribution in [0.5, 0.6) is 5.75 Å². The molecule has 0 fully saturated rings. The highest BCUT2D eigenvalue weighted by atomic mass is 79.9.